The van der Waals surface area contributed by atoms with Crippen LogP contribution < -0.4 is 0 Å². The number of unbranched alkanes of at least 4 members (excludes halogenated alkanes) is 2. The lowest BCUT2D eigenvalue weighted by Gasteiger charge is -2.12. The highest BCUT2D eigenvalue weighted by Crippen LogP contribution is 2.12. The van der Waals surface area contributed by atoms with Crippen molar-refractivity contribution in [3.8, 4) is 0 Å². The zero-order chi connectivity index (χ0) is 17.1. The van der Waals surface area contributed by atoms with Gasteiger partial charge in [0.1, 0.15) is 0 Å². The van der Waals surface area contributed by atoms with Crippen LogP contribution in [0.3, 0.4) is 0 Å². The van der Waals surface area contributed by atoms with E-state index in [9.17, 15) is 9.59 Å². The molecule has 0 radical (unpaired) electrons. The maximum atomic E-state index is 12.1. The summed E-state index contributed by atoms with van der Waals surface area (Å²) in [4.78, 5) is 24.0. The Labute approximate surface area is 139 Å². The Hall–Kier alpha value is -1.84. The Morgan fingerprint density at radius 3 is 2.13 bits per heavy atom. The minimum absolute atomic E-state index is 0.380. The van der Waals surface area contributed by atoms with Crippen molar-refractivity contribution in [1.29, 1.82) is 0 Å². The van der Waals surface area contributed by atoms with Crippen LogP contribution >= 0.6 is 0 Å². The van der Waals surface area contributed by atoms with Crippen molar-refractivity contribution in [2.75, 3.05) is 13.2 Å². The molecule has 0 N–H and O–H groups in total. The van der Waals surface area contributed by atoms with Gasteiger partial charge in [0, 0.05) is 0 Å². The number of benzene rings is 1. The second-order valence-electron chi connectivity index (χ2n) is 5.70. The van der Waals surface area contributed by atoms with E-state index in [0.717, 1.165) is 32.1 Å². The van der Waals surface area contributed by atoms with Gasteiger partial charge in [0.15, 0.2) is 0 Å². The van der Waals surface area contributed by atoms with E-state index in [1.54, 1.807) is 18.2 Å². The number of ether oxygens (including phenoxy) is 2. The zero-order valence-electron chi connectivity index (χ0n) is 14.5. The van der Waals surface area contributed by atoms with Gasteiger partial charge < -0.3 is 9.47 Å². The van der Waals surface area contributed by atoms with Crippen LogP contribution in [0.25, 0.3) is 0 Å². The van der Waals surface area contributed by atoms with Gasteiger partial charge in [-0.25, -0.2) is 9.59 Å². The second-order valence-corrected chi connectivity index (χ2v) is 5.70. The van der Waals surface area contributed by atoms with E-state index < -0.39 is 11.9 Å². The van der Waals surface area contributed by atoms with Crippen LogP contribution in [0.15, 0.2) is 24.3 Å². The largest absolute Gasteiger partial charge is 0.462 e. The first-order chi connectivity index (χ1) is 11.1. The van der Waals surface area contributed by atoms with Crippen molar-refractivity contribution in [3.05, 3.63) is 35.4 Å². The van der Waals surface area contributed by atoms with Crippen LogP contribution in [0.4, 0.5) is 0 Å². The monoisotopic (exact) mass is 320 g/mol. The number of carbonyl (C=O) groups is 2. The Kier molecular flexibility index (Phi) is 9.03. The SMILES string of the molecule is CCCCCOC(=O)c1cccc(C(=O)OCC(CC)CC)c1. The number of hydrogen-bond acceptors (Lipinski definition) is 4. The number of carbonyl (C=O) groups excluding carboxylic acids is 2. The number of rotatable bonds is 10. The molecule has 4 heteroatoms. The molecule has 128 valence electrons. The van der Waals surface area contributed by atoms with E-state index in [1.807, 2.05) is 0 Å². The minimum Gasteiger partial charge on any atom is -0.462 e. The molecular formula is C19H28O4. The molecule has 0 aliphatic rings. The molecule has 0 atom stereocenters. The van der Waals surface area contributed by atoms with Gasteiger partial charge in [-0.3, -0.25) is 0 Å². The van der Waals surface area contributed by atoms with E-state index in [-0.39, 0.29) is 0 Å². The number of hydrogen-bond donors (Lipinski definition) is 0. The quantitative estimate of drug-likeness (QED) is 0.466. The van der Waals surface area contributed by atoms with E-state index in [1.165, 1.54) is 6.07 Å². The first kappa shape index (κ1) is 19.2. The van der Waals surface area contributed by atoms with Crippen LogP contribution in [-0.4, -0.2) is 25.2 Å². The summed E-state index contributed by atoms with van der Waals surface area (Å²) in [6.45, 7) is 7.08. The van der Waals surface area contributed by atoms with Gasteiger partial charge in [-0.15, -0.1) is 0 Å². The van der Waals surface area contributed by atoms with Crippen molar-refractivity contribution in [3.63, 3.8) is 0 Å². The maximum absolute atomic E-state index is 12.1. The van der Waals surface area contributed by atoms with Gasteiger partial charge in [-0.2, -0.15) is 0 Å². The Morgan fingerprint density at radius 2 is 1.57 bits per heavy atom. The van der Waals surface area contributed by atoms with Crippen LogP contribution in [0.5, 0.6) is 0 Å². The third kappa shape index (κ3) is 6.85. The standard InChI is InChI=1S/C19H28O4/c1-4-7-8-12-22-18(20)16-10-9-11-17(13-16)19(21)23-14-15(5-2)6-3/h9-11,13,15H,4-8,12,14H2,1-3H3. The molecule has 1 rings (SSSR count). The normalized spacial score (nSPS) is 10.6. The zero-order valence-corrected chi connectivity index (χ0v) is 14.5. The molecule has 0 amide bonds. The summed E-state index contributed by atoms with van der Waals surface area (Å²) >= 11 is 0. The summed E-state index contributed by atoms with van der Waals surface area (Å²) in [5.41, 5.74) is 0.775. The molecule has 0 aliphatic heterocycles. The van der Waals surface area contributed by atoms with Crippen molar-refractivity contribution in [2.24, 2.45) is 5.92 Å². The summed E-state index contributed by atoms with van der Waals surface area (Å²) < 4.78 is 10.5. The molecule has 23 heavy (non-hydrogen) atoms. The van der Waals surface area contributed by atoms with Gasteiger partial charge in [0.25, 0.3) is 0 Å². The summed E-state index contributed by atoms with van der Waals surface area (Å²) in [6, 6.07) is 6.52. The first-order valence-electron chi connectivity index (χ1n) is 8.56. The lowest BCUT2D eigenvalue weighted by atomic mass is 10.1. The minimum atomic E-state index is -0.393. The summed E-state index contributed by atoms with van der Waals surface area (Å²) in [5, 5.41) is 0. The molecule has 0 aliphatic carbocycles. The summed E-state index contributed by atoms with van der Waals surface area (Å²) in [7, 11) is 0. The van der Waals surface area contributed by atoms with Crippen LogP contribution in [0, 0.1) is 5.92 Å². The van der Waals surface area contributed by atoms with E-state index in [2.05, 4.69) is 20.8 Å². The fraction of sp³-hybridized carbons (Fsp3) is 0.579. The molecule has 0 spiro atoms. The number of esters is 2. The predicted molar refractivity (Wildman–Crippen MR) is 90.6 cm³/mol. The average Bonchev–Trinajstić information content (AvgIpc) is 2.59. The molecule has 1 aromatic rings. The molecule has 0 heterocycles. The maximum Gasteiger partial charge on any atom is 0.338 e. The molecule has 0 aromatic heterocycles. The van der Waals surface area contributed by atoms with Gasteiger partial charge in [0.05, 0.1) is 24.3 Å². The highest BCUT2D eigenvalue weighted by molar-refractivity contribution is 5.95. The van der Waals surface area contributed by atoms with Crippen molar-refractivity contribution >= 4 is 11.9 Å². The van der Waals surface area contributed by atoms with Gasteiger partial charge in [-0.1, -0.05) is 52.5 Å². The van der Waals surface area contributed by atoms with Crippen LogP contribution in [-0.2, 0) is 9.47 Å². The first-order valence-corrected chi connectivity index (χ1v) is 8.56. The average molecular weight is 320 g/mol. The van der Waals surface area contributed by atoms with Gasteiger partial charge in [-0.05, 0) is 30.5 Å². The predicted octanol–water partition coefficient (Wildman–Crippen LogP) is 4.63. The third-order valence-electron chi connectivity index (χ3n) is 3.92. The molecule has 0 unspecified atom stereocenters. The van der Waals surface area contributed by atoms with Crippen LogP contribution in [0.2, 0.25) is 0 Å². The highest BCUT2D eigenvalue weighted by Gasteiger charge is 2.14. The lowest BCUT2D eigenvalue weighted by molar-refractivity contribution is 0.0433. The molecule has 0 saturated heterocycles. The molecule has 4 nitrogen and oxygen atoms in total. The summed E-state index contributed by atoms with van der Waals surface area (Å²) in [5.74, 6) is -0.404. The van der Waals surface area contributed by atoms with Crippen molar-refractivity contribution < 1.29 is 19.1 Å². The van der Waals surface area contributed by atoms with E-state index >= 15 is 0 Å². The van der Waals surface area contributed by atoms with E-state index in [4.69, 9.17) is 9.47 Å². The molecule has 0 fully saturated rings. The van der Waals surface area contributed by atoms with Gasteiger partial charge in [0.2, 0.25) is 0 Å². The lowest BCUT2D eigenvalue weighted by Crippen LogP contribution is -2.14. The topological polar surface area (TPSA) is 52.6 Å². The van der Waals surface area contributed by atoms with Crippen molar-refractivity contribution in [2.45, 2.75) is 52.9 Å². The Bertz CT molecular complexity index is 492. The molecule has 0 saturated carbocycles. The smallest absolute Gasteiger partial charge is 0.338 e. The van der Waals surface area contributed by atoms with E-state index in [0.29, 0.717) is 30.3 Å². The highest BCUT2D eigenvalue weighted by atomic mass is 16.5. The van der Waals surface area contributed by atoms with Crippen LogP contribution in [0.1, 0.15) is 73.6 Å². The molecule has 0 bridgehead atoms. The van der Waals surface area contributed by atoms with Gasteiger partial charge >= 0.3 is 11.9 Å². The Balaban J connectivity index is 2.58. The molecular weight excluding hydrogens is 292 g/mol. The third-order valence-corrected chi connectivity index (χ3v) is 3.92. The Morgan fingerprint density at radius 1 is 0.957 bits per heavy atom. The second kappa shape index (κ2) is 10.8. The molecule has 1 aromatic carbocycles. The van der Waals surface area contributed by atoms with Crippen molar-refractivity contribution in [1.82, 2.24) is 0 Å². The fourth-order valence-electron chi connectivity index (χ4n) is 2.17. The summed E-state index contributed by atoms with van der Waals surface area (Å²) in [6.07, 6.45) is 4.94. The fourth-order valence-corrected chi connectivity index (χ4v) is 2.17.